The smallest absolute Gasteiger partial charge is 0.341 e. The Bertz CT molecular complexity index is 1180. The molecule has 1 aromatic carbocycles. The van der Waals surface area contributed by atoms with Gasteiger partial charge in [-0.15, -0.1) is 0 Å². The maximum atomic E-state index is 13.6. The van der Waals surface area contributed by atoms with Crippen LogP contribution < -0.4 is 5.32 Å². The number of carbonyl (C=O) groups is 2. The molecule has 1 N–H and O–H groups in total. The van der Waals surface area contributed by atoms with Crippen LogP contribution in [0.5, 0.6) is 0 Å². The first kappa shape index (κ1) is 25.0. The summed E-state index contributed by atoms with van der Waals surface area (Å²) in [4.78, 5) is 25.4. The lowest BCUT2D eigenvalue weighted by Crippen LogP contribution is -2.42. The molecule has 0 aliphatic carbocycles. The van der Waals surface area contributed by atoms with Gasteiger partial charge in [0.2, 0.25) is 15.9 Å². The van der Waals surface area contributed by atoms with E-state index in [1.807, 2.05) is 32.0 Å². The normalized spacial score (nSPS) is 15.5. The number of nitrogens with zero attached hydrogens (tertiary/aromatic N) is 2. The van der Waals surface area contributed by atoms with Crippen molar-refractivity contribution in [1.82, 2.24) is 8.87 Å². The second-order valence-corrected chi connectivity index (χ2v) is 10.5. The summed E-state index contributed by atoms with van der Waals surface area (Å²) < 4.78 is 35.3. The van der Waals surface area contributed by atoms with Gasteiger partial charge in [-0.25, -0.2) is 13.2 Å². The van der Waals surface area contributed by atoms with E-state index in [9.17, 15) is 18.0 Å². The van der Waals surface area contributed by atoms with Gasteiger partial charge in [0.05, 0.1) is 6.61 Å². The molecule has 0 bridgehead atoms. The topological polar surface area (TPSA) is 97.7 Å². The van der Waals surface area contributed by atoms with Crippen LogP contribution in [-0.2, 0) is 26.6 Å². The number of hydrogen-bond acceptors (Lipinski definition) is 5. The molecule has 2 aromatic rings. The van der Waals surface area contributed by atoms with E-state index < -0.39 is 16.0 Å². The fourth-order valence-electron chi connectivity index (χ4n) is 4.35. The summed E-state index contributed by atoms with van der Waals surface area (Å²) in [5, 5.41) is 2.98. The Labute approximate surface area is 196 Å². The highest BCUT2D eigenvalue weighted by molar-refractivity contribution is 7.89. The number of sulfonamides is 1. The number of nitrogens with one attached hydrogen (secondary N) is 1. The van der Waals surface area contributed by atoms with Crippen LogP contribution in [-0.4, -0.2) is 48.9 Å². The van der Waals surface area contributed by atoms with Gasteiger partial charge in [0, 0.05) is 43.1 Å². The molecule has 1 amide bonds. The minimum atomic E-state index is -3.93. The van der Waals surface area contributed by atoms with Crippen molar-refractivity contribution in [1.29, 1.82) is 0 Å². The fraction of sp³-hybridized carbons (Fsp3) is 0.500. The van der Waals surface area contributed by atoms with E-state index >= 15 is 0 Å². The third-order valence-electron chi connectivity index (χ3n) is 6.47. The van der Waals surface area contributed by atoms with Crippen LogP contribution in [0.1, 0.15) is 52.6 Å². The Morgan fingerprint density at radius 3 is 2.30 bits per heavy atom. The first-order valence-corrected chi connectivity index (χ1v) is 12.6. The molecule has 0 radical (unpaired) electrons. The van der Waals surface area contributed by atoms with Crippen molar-refractivity contribution >= 4 is 27.6 Å². The first-order chi connectivity index (χ1) is 15.5. The SMILES string of the molecule is CCOC(=O)c1c(S(=O)(=O)N2CCC(C(=O)Nc3ccc(C)cc3C)CC2)c(C)n(C)c1C. The maximum Gasteiger partial charge on any atom is 0.341 e. The van der Waals surface area contributed by atoms with Gasteiger partial charge in [-0.2, -0.15) is 4.31 Å². The molecule has 1 aromatic heterocycles. The van der Waals surface area contributed by atoms with Crippen molar-refractivity contribution in [2.45, 2.75) is 52.4 Å². The molecule has 8 nitrogen and oxygen atoms in total. The zero-order valence-electron chi connectivity index (χ0n) is 20.2. The first-order valence-electron chi connectivity index (χ1n) is 11.2. The van der Waals surface area contributed by atoms with Crippen molar-refractivity contribution < 1.29 is 22.7 Å². The van der Waals surface area contributed by atoms with Gasteiger partial charge in [0.15, 0.2) is 0 Å². The zero-order chi connectivity index (χ0) is 24.5. The van der Waals surface area contributed by atoms with E-state index in [2.05, 4.69) is 5.32 Å². The zero-order valence-corrected chi connectivity index (χ0v) is 21.0. The van der Waals surface area contributed by atoms with Crippen LogP contribution in [0.4, 0.5) is 5.69 Å². The Morgan fingerprint density at radius 1 is 1.09 bits per heavy atom. The molecule has 9 heteroatoms. The number of ether oxygens (including phenoxy) is 1. The van der Waals surface area contributed by atoms with Crippen LogP contribution in [0, 0.1) is 33.6 Å². The van der Waals surface area contributed by atoms with E-state index in [0.29, 0.717) is 24.2 Å². The molecule has 2 heterocycles. The summed E-state index contributed by atoms with van der Waals surface area (Å²) in [5.74, 6) is -1.02. The van der Waals surface area contributed by atoms with E-state index in [4.69, 9.17) is 4.74 Å². The number of esters is 1. The number of anilines is 1. The molecule has 1 saturated heterocycles. The lowest BCUT2D eigenvalue weighted by Gasteiger charge is -2.31. The average Bonchev–Trinajstić information content (AvgIpc) is 3.00. The quantitative estimate of drug-likeness (QED) is 0.645. The average molecular weight is 476 g/mol. The number of rotatable bonds is 6. The Kier molecular flexibility index (Phi) is 7.33. The van der Waals surface area contributed by atoms with Gasteiger partial charge in [-0.3, -0.25) is 4.79 Å². The monoisotopic (exact) mass is 475 g/mol. The van der Waals surface area contributed by atoms with Crippen LogP contribution in [0.25, 0.3) is 0 Å². The Balaban J connectivity index is 1.77. The van der Waals surface area contributed by atoms with E-state index in [1.54, 1.807) is 32.4 Å². The van der Waals surface area contributed by atoms with Gasteiger partial charge in [-0.1, -0.05) is 17.7 Å². The fourth-order valence-corrected chi connectivity index (χ4v) is 6.30. The molecule has 3 rings (SSSR count). The van der Waals surface area contributed by atoms with Crippen LogP contribution >= 0.6 is 0 Å². The van der Waals surface area contributed by atoms with Gasteiger partial charge < -0.3 is 14.6 Å². The van der Waals surface area contributed by atoms with Crippen LogP contribution in [0.2, 0.25) is 0 Å². The summed E-state index contributed by atoms with van der Waals surface area (Å²) >= 11 is 0. The minimum Gasteiger partial charge on any atom is -0.462 e. The molecule has 0 saturated carbocycles. The van der Waals surface area contributed by atoms with Crippen molar-refractivity contribution in [3.63, 3.8) is 0 Å². The molecule has 33 heavy (non-hydrogen) atoms. The second-order valence-electron chi connectivity index (χ2n) is 8.64. The second kappa shape index (κ2) is 9.69. The molecule has 0 spiro atoms. The Hall–Kier alpha value is -2.65. The lowest BCUT2D eigenvalue weighted by molar-refractivity contribution is -0.120. The number of benzene rings is 1. The number of carbonyl (C=O) groups excluding carboxylic acids is 2. The van der Waals surface area contributed by atoms with Crippen molar-refractivity contribution in [2.24, 2.45) is 13.0 Å². The highest BCUT2D eigenvalue weighted by atomic mass is 32.2. The number of hydrogen-bond donors (Lipinski definition) is 1. The molecule has 0 atom stereocenters. The van der Waals surface area contributed by atoms with Gasteiger partial charge in [0.1, 0.15) is 10.5 Å². The molecule has 1 aliphatic rings. The van der Waals surface area contributed by atoms with Gasteiger partial charge in [-0.05, 0) is 59.1 Å². The third-order valence-corrected chi connectivity index (χ3v) is 8.53. The largest absolute Gasteiger partial charge is 0.462 e. The molecule has 1 aliphatic heterocycles. The van der Waals surface area contributed by atoms with Crippen molar-refractivity contribution in [3.8, 4) is 0 Å². The molecule has 0 unspecified atom stereocenters. The van der Waals surface area contributed by atoms with E-state index in [1.165, 1.54) is 4.31 Å². The predicted molar refractivity (Wildman–Crippen MR) is 127 cm³/mol. The molecule has 180 valence electrons. The summed E-state index contributed by atoms with van der Waals surface area (Å²) in [6.07, 6.45) is 0.825. The summed E-state index contributed by atoms with van der Waals surface area (Å²) in [6, 6.07) is 5.85. The van der Waals surface area contributed by atoms with Crippen molar-refractivity contribution in [2.75, 3.05) is 25.0 Å². The molecular weight excluding hydrogens is 442 g/mol. The standard InChI is InChI=1S/C24H33N3O5S/c1-7-32-24(29)21-17(4)26(6)18(5)22(21)33(30,31)27-12-10-19(11-13-27)23(28)25-20-9-8-15(2)14-16(20)3/h8-9,14,19H,7,10-13H2,1-6H3,(H,25,28). The summed E-state index contributed by atoms with van der Waals surface area (Å²) in [6.45, 7) is 9.61. The third kappa shape index (κ3) is 4.84. The summed E-state index contributed by atoms with van der Waals surface area (Å²) in [5.41, 5.74) is 4.02. The predicted octanol–water partition coefficient (Wildman–Crippen LogP) is 3.47. The lowest BCUT2D eigenvalue weighted by atomic mass is 9.97. The molecular formula is C24H33N3O5S. The minimum absolute atomic E-state index is 0.000804. The number of aromatic nitrogens is 1. The number of amides is 1. The van der Waals surface area contributed by atoms with Crippen LogP contribution in [0.15, 0.2) is 23.1 Å². The number of aryl methyl sites for hydroxylation is 2. The highest BCUT2D eigenvalue weighted by Gasteiger charge is 2.38. The highest BCUT2D eigenvalue weighted by Crippen LogP contribution is 2.32. The number of piperidine rings is 1. The van der Waals surface area contributed by atoms with E-state index in [0.717, 1.165) is 16.8 Å². The summed E-state index contributed by atoms with van der Waals surface area (Å²) in [7, 11) is -2.20. The van der Waals surface area contributed by atoms with Gasteiger partial charge in [0.25, 0.3) is 0 Å². The Morgan fingerprint density at radius 2 is 1.73 bits per heavy atom. The molecule has 1 fully saturated rings. The van der Waals surface area contributed by atoms with E-state index in [-0.39, 0.29) is 42.0 Å². The van der Waals surface area contributed by atoms with Crippen molar-refractivity contribution in [3.05, 3.63) is 46.3 Å². The van der Waals surface area contributed by atoms with Gasteiger partial charge >= 0.3 is 5.97 Å². The maximum absolute atomic E-state index is 13.6. The van der Waals surface area contributed by atoms with Crippen LogP contribution in [0.3, 0.4) is 0 Å².